The zero-order chi connectivity index (χ0) is 22.5. The molecule has 0 aliphatic carbocycles. The van der Waals surface area contributed by atoms with E-state index in [1.165, 1.54) is 18.4 Å². The molecule has 32 heavy (non-hydrogen) atoms. The number of carbonyl (C=O) groups is 2. The van der Waals surface area contributed by atoms with E-state index in [0.29, 0.717) is 27.6 Å². The molecule has 0 saturated heterocycles. The highest BCUT2D eigenvalue weighted by Crippen LogP contribution is 2.24. The van der Waals surface area contributed by atoms with Gasteiger partial charge in [-0.05, 0) is 48.5 Å². The second-order valence-electron chi connectivity index (χ2n) is 6.74. The molecule has 0 saturated carbocycles. The lowest BCUT2D eigenvalue weighted by Crippen LogP contribution is -2.22. The molecule has 4 aromatic rings. The van der Waals surface area contributed by atoms with Crippen molar-refractivity contribution in [1.29, 1.82) is 0 Å². The third kappa shape index (κ3) is 4.70. The molecular formula is C24H20N2O5S. The van der Waals surface area contributed by atoms with E-state index >= 15 is 0 Å². The maximum Gasteiger partial charge on any atom is 0.325 e. The van der Waals surface area contributed by atoms with Crippen molar-refractivity contribution in [3.8, 4) is 17.2 Å². The zero-order valence-electron chi connectivity index (χ0n) is 17.5. The number of ether oxygens (including phenoxy) is 3. The minimum absolute atomic E-state index is 0.0634. The first-order valence-electron chi connectivity index (χ1n) is 9.73. The van der Waals surface area contributed by atoms with Gasteiger partial charge in [0.25, 0.3) is 5.91 Å². The molecule has 162 valence electrons. The van der Waals surface area contributed by atoms with Crippen LogP contribution < -0.4 is 14.3 Å². The number of hydrogen-bond donors (Lipinski definition) is 0. The van der Waals surface area contributed by atoms with Crippen LogP contribution in [0.1, 0.15) is 10.4 Å². The highest BCUT2D eigenvalue weighted by atomic mass is 32.1. The average Bonchev–Trinajstić information content (AvgIpc) is 3.15. The van der Waals surface area contributed by atoms with Gasteiger partial charge in [0, 0.05) is 5.56 Å². The standard InChI is InChI=1S/C24H20N2O5S/c1-29-18-11-12-20-21(14-18)32-24(26(20)15-22(27)30-2)25-23(28)16-7-6-10-19(13-16)31-17-8-4-3-5-9-17/h3-14H,15H2,1-2H3. The summed E-state index contributed by atoms with van der Waals surface area (Å²) in [7, 11) is 2.90. The molecule has 1 amide bonds. The van der Waals surface area contributed by atoms with Crippen LogP contribution in [-0.2, 0) is 16.1 Å². The number of carbonyl (C=O) groups excluding carboxylic acids is 2. The van der Waals surface area contributed by atoms with E-state index in [1.54, 1.807) is 42.0 Å². The Morgan fingerprint density at radius 3 is 2.44 bits per heavy atom. The van der Waals surface area contributed by atoms with Crippen LogP contribution in [0, 0.1) is 0 Å². The Bertz CT molecular complexity index is 1340. The lowest BCUT2D eigenvalue weighted by atomic mass is 10.2. The Morgan fingerprint density at radius 1 is 0.906 bits per heavy atom. The maximum absolute atomic E-state index is 13.0. The number of nitrogens with zero attached hydrogens (tertiary/aromatic N) is 2. The van der Waals surface area contributed by atoms with Crippen LogP contribution in [0.25, 0.3) is 10.2 Å². The number of hydrogen-bond acceptors (Lipinski definition) is 6. The van der Waals surface area contributed by atoms with Crippen LogP contribution in [0.2, 0.25) is 0 Å². The molecule has 0 radical (unpaired) electrons. The Balaban J connectivity index is 1.71. The molecule has 0 bridgehead atoms. The van der Waals surface area contributed by atoms with Crippen molar-refractivity contribution >= 4 is 33.4 Å². The van der Waals surface area contributed by atoms with Gasteiger partial charge in [0.1, 0.15) is 23.8 Å². The monoisotopic (exact) mass is 448 g/mol. The molecule has 1 aromatic heterocycles. The van der Waals surface area contributed by atoms with Gasteiger partial charge in [-0.25, -0.2) is 0 Å². The van der Waals surface area contributed by atoms with E-state index in [0.717, 1.165) is 10.2 Å². The first-order chi connectivity index (χ1) is 15.6. The zero-order valence-corrected chi connectivity index (χ0v) is 18.3. The number of thiazole rings is 1. The summed E-state index contributed by atoms with van der Waals surface area (Å²) in [5, 5.41) is 0. The SMILES string of the molecule is COC(=O)Cn1c(=NC(=O)c2cccc(Oc3ccccc3)c2)sc2cc(OC)ccc21. The van der Waals surface area contributed by atoms with Crippen molar-refractivity contribution in [2.45, 2.75) is 6.54 Å². The Labute approximate surface area is 188 Å². The summed E-state index contributed by atoms with van der Waals surface area (Å²) in [5.41, 5.74) is 1.13. The minimum Gasteiger partial charge on any atom is -0.497 e. The number of rotatable bonds is 6. The predicted octanol–water partition coefficient (Wildman–Crippen LogP) is 4.42. The quantitative estimate of drug-likeness (QED) is 0.408. The lowest BCUT2D eigenvalue weighted by molar-refractivity contribution is -0.141. The van der Waals surface area contributed by atoms with E-state index in [1.807, 2.05) is 42.5 Å². The van der Waals surface area contributed by atoms with Gasteiger partial charge in [-0.1, -0.05) is 35.6 Å². The van der Waals surface area contributed by atoms with Crippen LogP contribution >= 0.6 is 11.3 Å². The van der Waals surface area contributed by atoms with E-state index in [-0.39, 0.29) is 6.54 Å². The minimum atomic E-state index is -0.444. The van der Waals surface area contributed by atoms with Crippen molar-refractivity contribution in [3.63, 3.8) is 0 Å². The van der Waals surface area contributed by atoms with Gasteiger partial charge in [-0.15, -0.1) is 0 Å². The highest BCUT2D eigenvalue weighted by molar-refractivity contribution is 7.16. The molecule has 1 heterocycles. The number of para-hydroxylation sites is 1. The summed E-state index contributed by atoms with van der Waals surface area (Å²) >= 11 is 1.29. The Kier molecular flexibility index (Phi) is 6.32. The highest BCUT2D eigenvalue weighted by Gasteiger charge is 2.14. The number of benzene rings is 3. The second kappa shape index (κ2) is 9.49. The number of aromatic nitrogens is 1. The van der Waals surface area contributed by atoms with E-state index in [9.17, 15) is 9.59 Å². The maximum atomic E-state index is 13.0. The first-order valence-corrected chi connectivity index (χ1v) is 10.6. The van der Waals surface area contributed by atoms with Crippen molar-refractivity contribution in [1.82, 2.24) is 4.57 Å². The molecule has 4 rings (SSSR count). The summed E-state index contributed by atoms with van der Waals surface area (Å²) < 4.78 is 18.4. The smallest absolute Gasteiger partial charge is 0.325 e. The van der Waals surface area contributed by atoms with Crippen molar-refractivity contribution in [3.05, 3.63) is 83.2 Å². The van der Waals surface area contributed by atoms with Crippen LogP contribution in [0.4, 0.5) is 0 Å². The fraction of sp³-hybridized carbons (Fsp3) is 0.125. The number of methoxy groups -OCH3 is 2. The summed E-state index contributed by atoms with van der Waals surface area (Å²) in [6.07, 6.45) is 0. The molecule has 0 atom stereocenters. The molecular weight excluding hydrogens is 428 g/mol. The largest absolute Gasteiger partial charge is 0.497 e. The summed E-state index contributed by atoms with van der Waals surface area (Å²) in [5.74, 6) is 0.991. The van der Waals surface area contributed by atoms with Crippen LogP contribution in [0.5, 0.6) is 17.2 Å². The topological polar surface area (TPSA) is 79.1 Å². The third-order valence-electron chi connectivity index (χ3n) is 4.66. The Hall–Kier alpha value is -3.91. The molecule has 0 unspecified atom stereocenters. The fourth-order valence-electron chi connectivity index (χ4n) is 3.08. The molecule has 0 spiro atoms. The average molecular weight is 449 g/mol. The Morgan fingerprint density at radius 2 is 1.69 bits per heavy atom. The second-order valence-corrected chi connectivity index (χ2v) is 7.75. The van der Waals surface area contributed by atoms with Crippen LogP contribution in [-0.4, -0.2) is 30.7 Å². The molecule has 8 heteroatoms. The van der Waals surface area contributed by atoms with E-state index in [4.69, 9.17) is 14.2 Å². The first kappa shape index (κ1) is 21.3. The summed E-state index contributed by atoms with van der Waals surface area (Å²) in [6, 6.07) is 21.6. The van der Waals surface area contributed by atoms with Gasteiger partial charge in [-0.2, -0.15) is 4.99 Å². The van der Waals surface area contributed by atoms with Crippen molar-refractivity contribution < 1.29 is 23.8 Å². The molecule has 0 aliphatic heterocycles. The van der Waals surface area contributed by atoms with E-state index in [2.05, 4.69) is 4.99 Å². The van der Waals surface area contributed by atoms with Crippen molar-refractivity contribution in [2.24, 2.45) is 4.99 Å². The van der Waals surface area contributed by atoms with Crippen molar-refractivity contribution in [2.75, 3.05) is 14.2 Å². The van der Waals surface area contributed by atoms with Gasteiger partial charge in [0.2, 0.25) is 0 Å². The van der Waals surface area contributed by atoms with Gasteiger partial charge in [-0.3, -0.25) is 9.59 Å². The fourth-order valence-corrected chi connectivity index (χ4v) is 4.14. The molecule has 0 aliphatic rings. The van der Waals surface area contributed by atoms with Gasteiger partial charge in [0.05, 0.1) is 24.4 Å². The van der Waals surface area contributed by atoms with Gasteiger partial charge in [0.15, 0.2) is 4.80 Å². The third-order valence-corrected chi connectivity index (χ3v) is 5.70. The van der Waals surface area contributed by atoms with Crippen LogP contribution in [0.3, 0.4) is 0 Å². The normalized spacial score (nSPS) is 11.4. The number of esters is 1. The summed E-state index contributed by atoms with van der Waals surface area (Å²) in [6.45, 7) is -0.0634. The van der Waals surface area contributed by atoms with Gasteiger partial charge < -0.3 is 18.8 Å². The van der Waals surface area contributed by atoms with E-state index < -0.39 is 11.9 Å². The predicted molar refractivity (Wildman–Crippen MR) is 121 cm³/mol. The molecule has 0 fully saturated rings. The number of amides is 1. The molecule has 7 nitrogen and oxygen atoms in total. The number of fused-ring (bicyclic) bond motifs is 1. The molecule has 0 N–H and O–H groups in total. The lowest BCUT2D eigenvalue weighted by Gasteiger charge is -2.06. The summed E-state index contributed by atoms with van der Waals surface area (Å²) in [4.78, 5) is 29.6. The molecule has 3 aromatic carbocycles. The van der Waals surface area contributed by atoms with Crippen LogP contribution in [0.15, 0.2) is 77.8 Å². The van der Waals surface area contributed by atoms with Gasteiger partial charge >= 0.3 is 5.97 Å².